The van der Waals surface area contributed by atoms with Crippen molar-refractivity contribution in [2.45, 2.75) is 32.7 Å². The molecule has 1 aromatic heterocycles. The van der Waals surface area contributed by atoms with Gasteiger partial charge in [-0.15, -0.1) is 11.8 Å². The Morgan fingerprint density at radius 2 is 2.16 bits per heavy atom. The van der Waals surface area contributed by atoms with E-state index in [9.17, 15) is 0 Å². The van der Waals surface area contributed by atoms with Crippen molar-refractivity contribution in [1.82, 2.24) is 15.1 Å². The number of nitrogens with one attached hydrogen (secondary N) is 1. The summed E-state index contributed by atoms with van der Waals surface area (Å²) in [7, 11) is 1.99. The first-order valence-electron chi connectivity index (χ1n) is 6.82. The summed E-state index contributed by atoms with van der Waals surface area (Å²) in [6.45, 7) is 5.04. The zero-order chi connectivity index (χ0) is 13.7. The molecule has 0 radical (unpaired) electrons. The van der Waals surface area contributed by atoms with Crippen molar-refractivity contribution in [3.05, 3.63) is 30.0 Å². The third-order valence-corrected chi connectivity index (χ3v) is 3.24. The van der Waals surface area contributed by atoms with E-state index in [0.29, 0.717) is 0 Å². The van der Waals surface area contributed by atoms with Crippen LogP contribution < -0.4 is 5.32 Å². The van der Waals surface area contributed by atoms with Gasteiger partial charge in [0.1, 0.15) is 0 Å². The highest BCUT2D eigenvalue weighted by Crippen LogP contribution is 2.25. The van der Waals surface area contributed by atoms with Crippen LogP contribution in [0.5, 0.6) is 0 Å². The zero-order valence-electron chi connectivity index (χ0n) is 11.9. The molecule has 0 aliphatic carbocycles. The Kier molecular flexibility index (Phi) is 4.59. The summed E-state index contributed by atoms with van der Waals surface area (Å²) in [5.41, 5.74) is 2.28. The lowest BCUT2D eigenvalue weighted by atomic mass is 10.1. The molecular weight excluding hydrogens is 234 g/mol. The van der Waals surface area contributed by atoms with Crippen LogP contribution in [0, 0.1) is 11.8 Å². The van der Waals surface area contributed by atoms with E-state index in [1.54, 1.807) is 0 Å². The van der Waals surface area contributed by atoms with Crippen molar-refractivity contribution >= 4 is 10.9 Å². The smallest absolute Gasteiger partial charge is 0.0882 e. The average molecular weight is 255 g/mol. The van der Waals surface area contributed by atoms with Crippen LogP contribution in [-0.4, -0.2) is 16.3 Å². The second kappa shape index (κ2) is 6.40. The van der Waals surface area contributed by atoms with E-state index in [1.165, 1.54) is 10.9 Å². The molecule has 0 aliphatic heterocycles. The number of nitrogens with zero attached hydrogens (tertiary/aromatic N) is 2. The van der Waals surface area contributed by atoms with Crippen LogP contribution in [0.15, 0.2) is 24.3 Å². The summed E-state index contributed by atoms with van der Waals surface area (Å²) in [4.78, 5) is 0. The molecule has 1 N–H and O–H groups in total. The number of hydrogen-bond acceptors (Lipinski definition) is 2. The van der Waals surface area contributed by atoms with Gasteiger partial charge in [0.2, 0.25) is 0 Å². The normalized spacial score (nSPS) is 12.2. The molecule has 1 heterocycles. The number of aryl methyl sites for hydroxylation is 1. The van der Waals surface area contributed by atoms with Crippen molar-refractivity contribution in [3.8, 4) is 11.8 Å². The molecule has 2 aromatic rings. The van der Waals surface area contributed by atoms with Gasteiger partial charge in [-0.3, -0.25) is 4.68 Å². The SMILES string of the molecule is CC#CCC(NCCC)c1nn(C)c2ccccc12. The second-order valence-electron chi connectivity index (χ2n) is 4.66. The number of para-hydroxylation sites is 1. The Morgan fingerprint density at radius 3 is 2.89 bits per heavy atom. The van der Waals surface area contributed by atoms with Gasteiger partial charge in [-0.1, -0.05) is 25.1 Å². The fourth-order valence-electron chi connectivity index (χ4n) is 2.29. The zero-order valence-corrected chi connectivity index (χ0v) is 11.9. The van der Waals surface area contributed by atoms with Crippen molar-refractivity contribution in [2.24, 2.45) is 7.05 Å². The maximum atomic E-state index is 4.68. The number of hydrogen-bond donors (Lipinski definition) is 1. The Bertz CT molecular complexity index is 601. The van der Waals surface area contributed by atoms with Crippen LogP contribution in [0.1, 0.15) is 38.4 Å². The van der Waals surface area contributed by atoms with Crippen molar-refractivity contribution in [1.29, 1.82) is 0 Å². The number of aromatic nitrogens is 2. The van der Waals surface area contributed by atoms with Gasteiger partial charge >= 0.3 is 0 Å². The molecule has 0 saturated carbocycles. The van der Waals surface area contributed by atoms with Crippen molar-refractivity contribution < 1.29 is 0 Å². The maximum absolute atomic E-state index is 4.68. The minimum absolute atomic E-state index is 0.207. The van der Waals surface area contributed by atoms with Gasteiger partial charge < -0.3 is 5.32 Å². The molecule has 0 fully saturated rings. The van der Waals surface area contributed by atoms with Crippen LogP contribution in [0.2, 0.25) is 0 Å². The maximum Gasteiger partial charge on any atom is 0.0882 e. The van der Waals surface area contributed by atoms with Gasteiger partial charge in [0.15, 0.2) is 0 Å². The van der Waals surface area contributed by atoms with E-state index in [4.69, 9.17) is 0 Å². The Balaban J connectivity index is 2.39. The van der Waals surface area contributed by atoms with Crippen molar-refractivity contribution in [2.75, 3.05) is 6.54 Å². The molecule has 3 nitrogen and oxygen atoms in total. The summed E-state index contributed by atoms with van der Waals surface area (Å²) in [5.74, 6) is 6.14. The summed E-state index contributed by atoms with van der Waals surface area (Å²) in [6.07, 6.45) is 1.92. The molecule has 1 atom stereocenters. The summed E-state index contributed by atoms with van der Waals surface area (Å²) in [5, 5.41) is 9.45. The van der Waals surface area contributed by atoms with Crippen molar-refractivity contribution in [3.63, 3.8) is 0 Å². The topological polar surface area (TPSA) is 29.9 Å². The molecule has 19 heavy (non-hydrogen) atoms. The van der Waals surface area contributed by atoms with E-state index < -0.39 is 0 Å². The molecule has 2 rings (SSSR count). The molecule has 0 spiro atoms. The highest BCUT2D eigenvalue weighted by Gasteiger charge is 2.17. The van der Waals surface area contributed by atoms with E-state index in [0.717, 1.165) is 25.1 Å². The van der Waals surface area contributed by atoms with Gasteiger partial charge in [0.25, 0.3) is 0 Å². The van der Waals surface area contributed by atoms with Gasteiger partial charge in [-0.05, 0) is 26.0 Å². The summed E-state index contributed by atoms with van der Waals surface area (Å²) < 4.78 is 1.95. The van der Waals surface area contributed by atoms with Crippen LogP contribution in [-0.2, 0) is 7.05 Å². The lowest BCUT2D eigenvalue weighted by Gasteiger charge is -2.14. The highest BCUT2D eigenvalue weighted by atomic mass is 15.3. The number of fused-ring (bicyclic) bond motifs is 1. The second-order valence-corrected chi connectivity index (χ2v) is 4.66. The monoisotopic (exact) mass is 255 g/mol. The molecule has 0 bridgehead atoms. The van der Waals surface area contributed by atoms with E-state index in [-0.39, 0.29) is 6.04 Å². The fraction of sp³-hybridized carbons (Fsp3) is 0.438. The molecule has 1 unspecified atom stereocenters. The van der Waals surface area contributed by atoms with E-state index in [2.05, 4.69) is 47.4 Å². The highest BCUT2D eigenvalue weighted by molar-refractivity contribution is 5.82. The van der Waals surface area contributed by atoms with Gasteiger partial charge in [-0.25, -0.2) is 0 Å². The first-order chi connectivity index (χ1) is 9.27. The quantitative estimate of drug-likeness (QED) is 0.832. The molecule has 3 heteroatoms. The Hall–Kier alpha value is -1.79. The lowest BCUT2D eigenvalue weighted by molar-refractivity contribution is 0.526. The first kappa shape index (κ1) is 13.6. The molecular formula is C16H21N3. The molecule has 1 aromatic carbocycles. The Morgan fingerprint density at radius 1 is 1.37 bits per heavy atom. The van der Waals surface area contributed by atoms with E-state index >= 15 is 0 Å². The molecule has 100 valence electrons. The number of rotatable bonds is 5. The predicted octanol–water partition coefficient (Wildman–Crippen LogP) is 3.03. The van der Waals surface area contributed by atoms with Crippen LogP contribution in [0.3, 0.4) is 0 Å². The molecule has 0 saturated heterocycles. The minimum atomic E-state index is 0.207. The van der Waals surface area contributed by atoms with E-state index in [1.807, 2.05) is 24.7 Å². The standard InChI is InChI=1S/C16H21N3/c1-4-6-10-14(17-12-5-2)16-13-9-7-8-11-15(13)19(3)18-16/h7-9,11,14,17H,5,10,12H2,1-3H3. The molecule has 0 aliphatic rings. The van der Waals surface area contributed by atoms with Gasteiger partial charge in [0.05, 0.1) is 17.3 Å². The van der Waals surface area contributed by atoms with Crippen LogP contribution in [0.25, 0.3) is 10.9 Å². The Labute approximate surface area is 115 Å². The predicted molar refractivity (Wildman–Crippen MR) is 79.8 cm³/mol. The number of benzene rings is 1. The minimum Gasteiger partial charge on any atom is -0.308 e. The third-order valence-electron chi connectivity index (χ3n) is 3.24. The summed E-state index contributed by atoms with van der Waals surface area (Å²) >= 11 is 0. The van der Waals surface area contributed by atoms with Crippen LogP contribution in [0.4, 0.5) is 0 Å². The first-order valence-corrected chi connectivity index (χ1v) is 6.82. The molecule has 0 amide bonds. The largest absolute Gasteiger partial charge is 0.308 e. The summed E-state index contributed by atoms with van der Waals surface area (Å²) in [6, 6.07) is 8.56. The average Bonchev–Trinajstić information content (AvgIpc) is 2.77. The van der Waals surface area contributed by atoms with Gasteiger partial charge in [-0.2, -0.15) is 5.10 Å². The van der Waals surface area contributed by atoms with Crippen LogP contribution >= 0.6 is 0 Å². The lowest BCUT2D eigenvalue weighted by Crippen LogP contribution is -2.22. The van der Waals surface area contributed by atoms with Gasteiger partial charge in [0, 0.05) is 18.9 Å². The fourth-order valence-corrected chi connectivity index (χ4v) is 2.29. The third kappa shape index (κ3) is 2.97.